The molecule has 140 valence electrons. The van der Waals surface area contributed by atoms with Gasteiger partial charge in [0.25, 0.3) is 0 Å². The van der Waals surface area contributed by atoms with Gasteiger partial charge in [-0.2, -0.15) is 9.50 Å². The zero-order valence-electron chi connectivity index (χ0n) is 14.5. The molecule has 10 heteroatoms. The van der Waals surface area contributed by atoms with Crippen molar-refractivity contribution in [1.29, 1.82) is 0 Å². The zero-order valence-corrected chi connectivity index (χ0v) is 15.3. The third kappa shape index (κ3) is 2.54. The summed E-state index contributed by atoms with van der Waals surface area (Å²) in [6.45, 7) is 0.168. The lowest BCUT2D eigenvalue weighted by Gasteiger charge is -2.05. The molecule has 28 heavy (non-hydrogen) atoms. The van der Waals surface area contributed by atoms with Gasteiger partial charge in [-0.1, -0.05) is 11.3 Å². The summed E-state index contributed by atoms with van der Waals surface area (Å²) in [4.78, 5) is 29.6. The maximum Gasteiger partial charge on any atom is 0.360 e. The van der Waals surface area contributed by atoms with Crippen molar-refractivity contribution in [2.75, 3.05) is 13.9 Å². The van der Waals surface area contributed by atoms with Gasteiger partial charge in [-0.3, -0.25) is 0 Å². The predicted molar refractivity (Wildman–Crippen MR) is 101 cm³/mol. The summed E-state index contributed by atoms with van der Waals surface area (Å²) in [5, 5.41) is 4.89. The monoisotopic (exact) mass is 396 g/mol. The molecule has 9 nitrogen and oxygen atoms in total. The Bertz CT molecular complexity index is 1320. The van der Waals surface area contributed by atoms with Crippen LogP contribution in [-0.2, 0) is 0 Å². The Morgan fingerprint density at radius 1 is 1.07 bits per heavy atom. The Labute approximate surface area is 161 Å². The van der Waals surface area contributed by atoms with Gasteiger partial charge in [-0.05, 0) is 42.5 Å². The molecule has 4 aromatic rings. The summed E-state index contributed by atoms with van der Waals surface area (Å²) in [6, 6.07) is 11.9. The molecule has 2 aromatic carbocycles. The third-order valence-corrected chi connectivity index (χ3v) is 5.22. The van der Waals surface area contributed by atoms with Crippen molar-refractivity contribution in [1.82, 2.24) is 19.2 Å². The van der Waals surface area contributed by atoms with Crippen LogP contribution in [0.2, 0.25) is 0 Å². The summed E-state index contributed by atoms with van der Waals surface area (Å²) < 4.78 is 17.9. The van der Waals surface area contributed by atoms with Crippen molar-refractivity contribution < 1.29 is 14.2 Å². The summed E-state index contributed by atoms with van der Waals surface area (Å²) in [5.41, 5.74) is -0.141. The molecule has 0 saturated carbocycles. The van der Waals surface area contributed by atoms with Crippen LogP contribution in [0.15, 0.2) is 52.1 Å². The van der Waals surface area contributed by atoms with Crippen molar-refractivity contribution in [2.24, 2.45) is 0 Å². The van der Waals surface area contributed by atoms with E-state index >= 15 is 0 Å². The van der Waals surface area contributed by atoms with Crippen molar-refractivity contribution in [3.63, 3.8) is 0 Å². The highest BCUT2D eigenvalue weighted by Crippen LogP contribution is 2.36. The van der Waals surface area contributed by atoms with Crippen molar-refractivity contribution in [3.05, 3.63) is 63.4 Å². The predicted octanol–water partition coefficient (Wildman–Crippen LogP) is 1.71. The van der Waals surface area contributed by atoms with E-state index in [9.17, 15) is 9.59 Å². The second-order valence-corrected chi connectivity index (χ2v) is 6.84. The number of aromatic nitrogens is 4. The second-order valence-electron chi connectivity index (χ2n) is 5.88. The molecular weight excluding hydrogens is 384 g/mol. The molecule has 0 aliphatic carbocycles. The maximum absolute atomic E-state index is 12.9. The highest BCUT2D eigenvalue weighted by Gasteiger charge is 2.18. The summed E-state index contributed by atoms with van der Waals surface area (Å²) in [7, 11) is 1.54. The van der Waals surface area contributed by atoms with Gasteiger partial charge in [-0.15, -0.1) is 5.10 Å². The average Bonchev–Trinajstić information content (AvgIpc) is 3.34. The van der Waals surface area contributed by atoms with Gasteiger partial charge in [-0.25, -0.2) is 14.2 Å². The lowest BCUT2D eigenvalue weighted by molar-refractivity contribution is 0.174. The first-order chi connectivity index (χ1) is 13.6. The van der Waals surface area contributed by atoms with Gasteiger partial charge in [0.1, 0.15) is 10.8 Å². The molecule has 0 bridgehead atoms. The molecule has 0 atom stereocenters. The molecule has 0 spiro atoms. The van der Waals surface area contributed by atoms with E-state index in [2.05, 4.69) is 10.1 Å². The summed E-state index contributed by atoms with van der Waals surface area (Å²) in [6.07, 6.45) is 0. The van der Waals surface area contributed by atoms with E-state index in [1.54, 1.807) is 36.4 Å². The van der Waals surface area contributed by atoms with Crippen LogP contribution in [0, 0.1) is 0 Å². The van der Waals surface area contributed by atoms with Gasteiger partial charge in [0, 0.05) is 5.56 Å². The lowest BCUT2D eigenvalue weighted by Crippen LogP contribution is -2.37. The number of benzene rings is 2. The fraction of sp³-hybridized carbons (Fsp3) is 0.111. The van der Waals surface area contributed by atoms with Crippen molar-refractivity contribution in [3.8, 4) is 33.5 Å². The molecule has 0 fully saturated rings. The first-order valence-electron chi connectivity index (χ1n) is 8.21. The molecule has 0 saturated heterocycles. The van der Waals surface area contributed by atoms with E-state index in [-0.39, 0.29) is 11.8 Å². The Hall–Kier alpha value is -3.66. The van der Waals surface area contributed by atoms with Crippen LogP contribution >= 0.6 is 11.3 Å². The number of ether oxygens (including phenoxy) is 3. The lowest BCUT2D eigenvalue weighted by atomic mass is 10.2. The Morgan fingerprint density at radius 2 is 1.86 bits per heavy atom. The van der Waals surface area contributed by atoms with Gasteiger partial charge < -0.3 is 14.2 Å². The molecule has 0 N–H and O–H groups in total. The van der Waals surface area contributed by atoms with Gasteiger partial charge >= 0.3 is 11.4 Å². The van der Waals surface area contributed by atoms with Crippen molar-refractivity contribution in [2.45, 2.75) is 0 Å². The number of rotatable bonds is 3. The zero-order chi connectivity index (χ0) is 19.3. The van der Waals surface area contributed by atoms with Gasteiger partial charge in [0.2, 0.25) is 11.8 Å². The maximum atomic E-state index is 12.9. The standard InChI is InChI=1S/C18H12N4O5S/c1-25-12-5-3-11(4-6-12)21-16(23)19-17-22(18(21)24)20-15(28-17)10-2-7-13-14(8-10)27-9-26-13/h2-8H,9H2,1H3. The fourth-order valence-electron chi connectivity index (χ4n) is 2.89. The molecular formula is C18H12N4O5S. The Balaban J connectivity index is 1.65. The summed E-state index contributed by atoms with van der Waals surface area (Å²) >= 11 is 1.15. The molecule has 5 rings (SSSR count). The van der Waals surface area contributed by atoms with E-state index in [1.165, 1.54) is 7.11 Å². The molecule has 0 unspecified atom stereocenters. The topological polar surface area (TPSA) is 97.0 Å². The van der Waals surface area contributed by atoms with Gasteiger partial charge in [0.05, 0.1) is 12.8 Å². The highest BCUT2D eigenvalue weighted by atomic mass is 32.1. The fourth-order valence-corrected chi connectivity index (χ4v) is 3.75. The van der Waals surface area contributed by atoms with Crippen LogP contribution in [0.25, 0.3) is 21.2 Å². The largest absolute Gasteiger partial charge is 0.497 e. The third-order valence-electron chi connectivity index (χ3n) is 4.27. The average molecular weight is 396 g/mol. The number of nitrogens with zero attached hydrogens (tertiary/aromatic N) is 4. The highest BCUT2D eigenvalue weighted by molar-refractivity contribution is 7.19. The number of hydrogen-bond acceptors (Lipinski definition) is 8. The molecule has 1 aliphatic heterocycles. The van der Waals surface area contributed by atoms with Gasteiger partial charge in [0.15, 0.2) is 11.5 Å². The van der Waals surface area contributed by atoms with Crippen LogP contribution in [0.4, 0.5) is 0 Å². The minimum Gasteiger partial charge on any atom is -0.497 e. The molecule has 2 aromatic heterocycles. The first kappa shape index (κ1) is 16.5. The van der Waals surface area contributed by atoms with E-state index < -0.39 is 11.4 Å². The molecule has 1 aliphatic rings. The Kier molecular flexibility index (Phi) is 3.66. The van der Waals surface area contributed by atoms with E-state index in [0.29, 0.717) is 27.9 Å². The number of fused-ring (bicyclic) bond motifs is 2. The van der Waals surface area contributed by atoms with Crippen LogP contribution in [-0.4, -0.2) is 33.1 Å². The Morgan fingerprint density at radius 3 is 2.64 bits per heavy atom. The minimum absolute atomic E-state index is 0.168. The summed E-state index contributed by atoms with van der Waals surface area (Å²) in [5.74, 6) is 1.87. The second kappa shape index (κ2) is 6.20. The molecule has 3 heterocycles. The van der Waals surface area contributed by atoms with E-state index in [1.807, 2.05) is 6.07 Å². The first-order valence-corrected chi connectivity index (χ1v) is 9.03. The normalized spacial score (nSPS) is 12.5. The van der Waals surface area contributed by atoms with E-state index in [0.717, 1.165) is 26.0 Å². The smallest absolute Gasteiger partial charge is 0.360 e. The minimum atomic E-state index is -0.670. The van der Waals surface area contributed by atoms with Crippen LogP contribution in [0.3, 0.4) is 0 Å². The van der Waals surface area contributed by atoms with Crippen LogP contribution in [0.1, 0.15) is 0 Å². The van der Waals surface area contributed by atoms with E-state index in [4.69, 9.17) is 14.2 Å². The SMILES string of the molecule is COc1ccc(-n2c(=O)nc3sc(-c4ccc5c(c4)OCO5)nn3c2=O)cc1. The number of hydrogen-bond donors (Lipinski definition) is 0. The van der Waals surface area contributed by atoms with Crippen molar-refractivity contribution >= 4 is 16.3 Å². The van der Waals surface area contributed by atoms with Crippen LogP contribution in [0.5, 0.6) is 17.2 Å². The quantitative estimate of drug-likeness (QED) is 0.520. The number of methoxy groups -OCH3 is 1. The van der Waals surface area contributed by atoms with Crippen LogP contribution < -0.4 is 25.6 Å². The molecule has 0 radical (unpaired) electrons. The molecule has 0 amide bonds.